The first-order chi connectivity index (χ1) is 13.7. The molecule has 0 aliphatic rings. The van der Waals surface area contributed by atoms with E-state index in [0.717, 1.165) is 6.42 Å². The molecule has 9 heteroatoms. The number of carbonyl (C=O) groups is 1. The van der Waals surface area contributed by atoms with Crippen LogP contribution in [-0.4, -0.2) is 22.5 Å². The van der Waals surface area contributed by atoms with E-state index in [1.807, 2.05) is 0 Å². The molecule has 2 aromatic rings. The van der Waals surface area contributed by atoms with Crippen LogP contribution in [0.3, 0.4) is 0 Å². The van der Waals surface area contributed by atoms with Crippen molar-refractivity contribution in [2.45, 2.75) is 27.2 Å². The van der Waals surface area contributed by atoms with Crippen molar-refractivity contribution in [3.8, 4) is 5.75 Å². The van der Waals surface area contributed by atoms with Crippen LogP contribution in [0, 0.1) is 23.0 Å². The third-order valence-corrected chi connectivity index (χ3v) is 4.95. The molecule has 0 saturated carbocycles. The maximum Gasteiger partial charge on any atom is 0.274 e. The lowest BCUT2D eigenvalue weighted by Crippen LogP contribution is -2.34. The van der Waals surface area contributed by atoms with Crippen molar-refractivity contribution in [1.82, 2.24) is 5.32 Å². The largest absolute Gasteiger partial charge is 0.492 e. The summed E-state index contributed by atoms with van der Waals surface area (Å²) in [6.07, 6.45) is 0.936. The number of nitro benzene ring substituents is 1. The maximum atomic E-state index is 12.5. The summed E-state index contributed by atoms with van der Waals surface area (Å²) in [6, 6.07) is 9.63. The average molecular weight is 480 g/mol. The van der Waals surface area contributed by atoms with E-state index in [1.54, 1.807) is 37.3 Å². The average Bonchev–Trinajstić information content (AvgIpc) is 2.64. The summed E-state index contributed by atoms with van der Waals surface area (Å²) >= 11 is 8.59. The van der Waals surface area contributed by atoms with Crippen LogP contribution in [0.25, 0.3) is 0 Å². The van der Waals surface area contributed by atoms with Crippen molar-refractivity contribution >= 4 is 50.5 Å². The molecule has 0 radical (unpaired) electrons. The zero-order chi connectivity index (χ0) is 21.6. The van der Waals surface area contributed by atoms with Crippen LogP contribution in [0.4, 0.5) is 11.4 Å². The third kappa shape index (κ3) is 6.50. The fourth-order valence-corrected chi connectivity index (χ4v) is 3.15. The molecule has 0 aromatic heterocycles. The van der Waals surface area contributed by atoms with Gasteiger partial charge in [0, 0.05) is 11.6 Å². The van der Waals surface area contributed by atoms with Crippen LogP contribution in [0.15, 0.2) is 40.9 Å². The molecule has 0 atom stereocenters. The lowest BCUT2D eigenvalue weighted by molar-refractivity contribution is -0.385. The molecule has 2 rings (SSSR count). The van der Waals surface area contributed by atoms with Crippen molar-refractivity contribution < 1.29 is 14.5 Å². The minimum absolute atomic E-state index is 0.0267. The topological polar surface area (TPSA) is 93.5 Å². The Morgan fingerprint density at radius 3 is 2.66 bits per heavy atom. The Bertz CT molecular complexity index is 934. The first-order valence-electron chi connectivity index (χ1n) is 8.97. The molecule has 0 spiro atoms. The van der Waals surface area contributed by atoms with Crippen LogP contribution < -0.4 is 15.4 Å². The van der Waals surface area contributed by atoms with Gasteiger partial charge in [0.05, 0.1) is 27.3 Å². The highest BCUT2D eigenvalue weighted by atomic mass is 79.9. The number of rotatable bonds is 7. The molecular formula is C20H22BrN3O4S. The molecule has 0 heterocycles. The predicted molar refractivity (Wildman–Crippen MR) is 121 cm³/mol. The first-order valence-corrected chi connectivity index (χ1v) is 10.2. The molecule has 0 fully saturated rings. The molecule has 0 aliphatic heterocycles. The van der Waals surface area contributed by atoms with Gasteiger partial charge in [-0.3, -0.25) is 20.2 Å². The number of nitrogens with zero attached hydrogens (tertiary/aromatic N) is 1. The number of hydrogen-bond donors (Lipinski definition) is 2. The number of hydrogen-bond acceptors (Lipinski definition) is 5. The van der Waals surface area contributed by atoms with Gasteiger partial charge in [0.25, 0.3) is 11.6 Å². The summed E-state index contributed by atoms with van der Waals surface area (Å²) in [5.74, 6) is 0.803. The molecule has 154 valence electrons. The van der Waals surface area contributed by atoms with E-state index in [2.05, 4.69) is 40.4 Å². The van der Waals surface area contributed by atoms with Gasteiger partial charge in [0.2, 0.25) is 0 Å². The fraction of sp³-hybridized carbons (Fsp3) is 0.300. The highest BCUT2D eigenvalue weighted by Crippen LogP contribution is 2.27. The summed E-state index contributed by atoms with van der Waals surface area (Å²) in [5, 5.41) is 16.5. The Labute approximate surface area is 183 Å². The van der Waals surface area contributed by atoms with Crippen LogP contribution in [0.2, 0.25) is 0 Å². The van der Waals surface area contributed by atoms with Crippen molar-refractivity contribution in [3.63, 3.8) is 0 Å². The molecule has 2 N–H and O–H groups in total. The van der Waals surface area contributed by atoms with Gasteiger partial charge < -0.3 is 10.1 Å². The zero-order valence-electron chi connectivity index (χ0n) is 16.3. The van der Waals surface area contributed by atoms with Crippen LogP contribution in [-0.2, 0) is 0 Å². The third-order valence-electron chi connectivity index (χ3n) is 4.12. The number of benzene rings is 2. The summed E-state index contributed by atoms with van der Waals surface area (Å²) in [5.41, 5.74) is 1.26. The molecule has 0 bridgehead atoms. The molecule has 0 aliphatic carbocycles. The Hall–Kier alpha value is -2.52. The minimum Gasteiger partial charge on any atom is -0.492 e. The summed E-state index contributed by atoms with van der Waals surface area (Å²) < 4.78 is 6.38. The van der Waals surface area contributed by atoms with Gasteiger partial charge >= 0.3 is 0 Å². The van der Waals surface area contributed by atoms with Crippen molar-refractivity contribution in [2.75, 3.05) is 11.9 Å². The van der Waals surface area contributed by atoms with Gasteiger partial charge in [-0.2, -0.15) is 0 Å². The van der Waals surface area contributed by atoms with E-state index in [4.69, 9.17) is 17.0 Å². The maximum absolute atomic E-state index is 12.5. The summed E-state index contributed by atoms with van der Waals surface area (Å²) in [7, 11) is 0. The lowest BCUT2D eigenvalue weighted by Gasteiger charge is -2.13. The number of ether oxygens (including phenoxy) is 1. The van der Waals surface area contributed by atoms with Gasteiger partial charge in [-0.05, 0) is 71.7 Å². The SMILES string of the molecule is Cc1c(NC(=S)NC(=O)c2ccc(OCCC(C)C)c(Br)c2)cccc1[N+](=O)[O-]. The highest BCUT2D eigenvalue weighted by Gasteiger charge is 2.15. The van der Waals surface area contributed by atoms with E-state index >= 15 is 0 Å². The van der Waals surface area contributed by atoms with Crippen molar-refractivity contribution in [2.24, 2.45) is 5.92 Å². The van der Waals surface area contributed by atoms with E-state index in [0.29, 0.717) is 39.6 Å². The lowest BCUT2D eigenvalue weighted by atomic mass is 10.1. The normalized spacial score (nSPS) is 10.5. The van der Waals surface area contributed by atoms with Crippen molar-refractivity contribution in [1.29, 1.82) is 0 Å². The molecular weight excluding hydrogens is 458 g/mol. The number of halogens is 1. The number of amides is 1. The van der Waals surface area contributed by atoms with Gasteiger partial charge in [0.1, 0.15) is 5.75 Å². The van der Waals surface area contributed by atoms with E-state index in [-0.39, 0.29) is 10.8 Å². The van der Waals surface area contributed by atoms with E-state index < -0.39 is 10.8 Å². The Morgan fingerprint density at radius 2 is 2.03 bits per heavy atom. The van der Waals surface area contributed by atoms with Crippen LogP contribution in [0.5, 0.6) is 5.75 Å². The monoisotopic (exact) mass is 479 g/mol. The number of nitrogens with one attached hydrogen (secondary N) is 2. The summed E-state index contributed by atoms with van der Waals surface area (Å²) in [6.45, 7) is 6.45. The van der Waals surface area contributed by atoms with E-state index in [9.17, 15) is 14.9 Å². The number of anilines is 1. The van der Waals surface area contributed by atoms with Gasteiger partial charge in [-0.15, -0.1) is 0 Å². The number of nitro groups is 1. The smallest absolute Gasteiger partial charge is 0.274 e. The molecule has 29 heavy (non-hydrogen) atoms. The zero-order valence-corrected chi connectivity index (χ0v) is 18.7. The summed E-state index contributed by atoms with van der Waals surface area (Å²) in [4.78, 5) is 23.0. The van der Waals surface area contributed by atoms with Crippen LogP contribution >= 0.6 is 28.1 Å². The standard InChI is InChI=1S/C20H22BrN3O4S/c1-12(2)9-10-28-18-8-7-14(11-15(18)21)19(25)23-20(29)22-16-5-4-6-17(13(16)3)24(26)27/h4-8,11-12H,9-10H2,1-3H3,(H2,22,23,25,29). The highest BCUT2D eigenvalue weighted by molar-refractivity contribution is 9.10. The Kier molecular flexibility index (Phi) is 8.10. The second kappa shape index (κ2) is 10.3. The number of carbonyl (C=O) groups excluding carboxylic acids is 1. The second-order valence-corrected chi connectivity index (χ2v) is 8.05. The van der Waals surface area contributed by atoms with Gasteiger partial charge in [-0.1, -0.05) is 19.9 Å². The second-order valence-electron chi connectivity index (χ2n) is 6.79. The molecule has 7 nitrogen and oxygen atoms in total. The predicted octanol–water partition coefficient (Wildman–Crippen LogP) is 5.22. The van der Waals surface area contributed by atoms with Gasteiger partial charge in [0.15, 0.2) is 5.11 Å². The molecule has 2 aromatic carbocycles. The van der Waals surface area contributed by atoms with Crippen molar-refractivity contribution in [3.05, 3.63) is 62.1 Å². The number of thiocarbonyl (C=S) groups is 1. The molecule has 0 saturated heterocycles. The minimum atomic E-state index is -0.468. The van der Waals surface area contributed by atoms with Crippen LogP contribution in [0.1, 0.15) is 36.2 Å². The Morgan fingerprint density at radius 1 is 1.31 bits per heavy atom. The molecule has 0 unspecified atom stereocenters. The van der Waals surface area contributed by atoms with Gasteiger partial charge in [-0.25, -0.2) is 0 Å². The fourth-order valence-electron chi connectivity index (χ4n) is 2.45. The molecule has 1 amide bonds. The quantitative estimate of drug-likeness (QED) is 0.321. The first kappa shape index (κ1) is 22.8. The van der Waals surface area contributed by atoms with E-state index in [1.165, 1.54) is 6.07 Å². The Balaban J connectivity index is 2.01.